The van der Waals surface area contributed by atoms with Gasteiger partial charge in [0, 0.05) is 25.2 Å². The number of rotatable bonds is 5. The van der Waals surface area contributed by atoms with Crippen molar-refractivity contribution in [3.8, 4) is 11.5 Å². The van der Waals surface area contributed by atoms with Crippen molar-refractivity contribution in [2.75, 3.05) is 30.8 Å². The predicted octanol–water partition coefficient (Wildman–Crippen LogP) is 2.30. The second kappa shape index (κ2) is 7.35. The third kappa shape index (κ3) is 3.20. The van der Waals surface area contributed by atoms with E-state index in [2.05, 4.69) is 4.74 Å². The van der Waals surface area contributed by atoms with Gasteiger partial charge >= 0.3 is 6.16 Å². The molecule has 1 aromatic heterocycles. The lowest BCUT2D eigenvalue weighted by atomic mass is 10.0. The van der Waals surface area contributed by atoms with E-state index in [0.29, 0.717) is 18.6 Å². The molecule has 2 atom stereocenters. The lowest BCUT2D eigenvalue weighted by Gasteiger charge is -2.26. The molecule has 1 saturated heterocycles. The summed E-state index contributed by atoms with van der Waals surface area (Å²) in [4.78, 5) is 25.8. The zero-order valence-electron chi connectivity index (χ0n) is 16.9. The van der Waals surface area contributed by atoms with Crippen LogP contribution < -0.4 is 31.3 Å². The van der Waals surface area contributed by atoms with Gasteiger partial charge in [-0.15, -0.1) is 0 Å². The van der Waals surface area contributed by atoms with Crippen LogP contribution in [0.25, 0.3) is 10.9 Å². The Morgan fingerprint density at radius 3 is 2.60 bits per heavy atom. The summed E-state index contributed by atoms with van der Waals surface area (Å²) in [7, 11) is 1.41. The lowest BCUT2D eigenvalue weighted by Crippen LogP contribution is -2.30. The molecule has 2 heterocycles. The summed E-state index contributed by atoms with van der Waals surface area (Å²) >= 11 is 0. The number of pyridine rings is 1. The maximum absolute atomic E-state index is 15.5. The first-order chi connectivity index (χ1) is 14.2. The van der Waals surface area contributed by atoms with Crippen molar-refractivity contribution in [2.24, 2.45) is 11.7 Å². The predicted molar refractivity (Wildman–Crippen MR) is 110 cm³/mol. The fourth-order valence-electron chi connectivity index (χ4n) is 4.24. The van der Waals surface area contributed by atoms with Gasteiger partial charge in [0.2, 0.25) is 5.43 Å². The Labute approximate surface area is 171 Å². The van der Waals surface area contributed by atoms with Gasteiger partial charge in [0.1, 0.15) is 5.69 Å². The van der Waals surface area contributed by atoms with Crippen molar-refractivity contribution in [1.82, 2.24) is 4.57 Å². The molecule has 1 unspecified atom stereocenters. The van der Waals surface area contributed by atoms with Crippen LogP contribution in [-0.2, 0) is 0 Å². The average molecular weight is 420 g/mol. The molecule has 30 heavy (non-hydrogen) atoms. The van der Waals surface area contributed by atoms with Crippen LogP contribution in [0.4, 0.5) is 20.6 Å². The van der Waals surface area contributed by atoms with Crippen LogP contribution in [0.1, 0.15) is 32.2 Å². The summed E-state index contributed by atoms with van der Waals surface area (Å²) in [6, 6.07) is -0.0199. The molecule has 1 aromatic carbocycles. The normalized spacial score (nSPS) is 19.9. The molecule has 162 valence electrons. The molecule has 4 rings (SSSR count). The molecule has 0 spiro atoms. The van der Waals surface area contributed by atoms with E-state index in [1.54, 1.807) is 4.57 Å². The maximum atomic E-state index is 15.5. The smallest absolute Gasteiger partial charge is 0.492 e. The van der Waals surface area contributed by atoms with Crippen LogP contribution in [0.5, 0.6) is 11.5 Å². The first kappa shape index (κ1) is 20.3. The highest BCUT2D eigenvalue weighted by Gasteiger charge is 2.35. The van der Waals surface area contributed by atoms with E-state index in [1.807, 2.05) is 11.8 Å². The molecular formula is C20H25FN4O5. The highest BCUT2D eigenvalue weighted by Crippen LogP contribution is 2.47. The number of carboxylic acid groups (broad SMARTS) is 1. The van der Waals surface area contributed by atoms with E-state index in [4.69, 9.17) is 21.3 Å². The summed E-state index contributed by atoms with van der Waals surface area (Å²) in [6.45, 7) is 3.05. The number of nitrogen functional groups attached to an aromatic ring is 1. The molecule has 0 bridgehead atoms. The highest BCUT2D eigenvalue weighted by atomic mass is 19.1. The Bertz CT molecular complexity index is 1080. The lowest BCUT2D eigenvalue weighted by molar-refractivity contribution is 0.143. The van der Waals surface area contributed by atoms with Gasteiger partial charge in [-0.3, -0.25) is 4.79 Å². The molecule has 2 aliphatic rings. The molecule has 1 aliphatic carbocycles. The Hall–Kier alpha value is -3.01. The van der Waals surface area contributed by atoms with Crippen LogP contribution in [0.15, 0.2) is 11.0 Å². The number of aromatic nitrogens is 1. The van der Waals surface area contributed by atoms with Gasteiger partial charge in [-0.05, 0) is 32.1 Å². The van der Waals surface area contributed by atoms with Crippen molar-refractivity contribution >= 4 is 28.4 Å². The van der Waals surface area contributed by atoms with E-state index in [-0.39, 0.29) is 40.5 Å². The minimum atomic E-state index is -1.63. The van der Waals surface area contributed by atoms with Crippen LogP contribution in [0.2, 0.25) is 0 Å². The fourth-order valence-corrected chi connectivity index (χ4v) is 4.24. The quantitative estimate of drug-likeness (QED) is 0.496. The number of anilines is 2. The number of methoxy groups -OCH3 is 1. The maximum Gasteiger partial charge on any atom is 0.511 e. The average Bonchev–Trinajstić information content (AvgIpc) is 3.41. The number of halogens is 1. The topological polar surface area (TPSA) is 133 Å². The van der Waals surface area contributed by atoms with E-state index >= 15 is 4.39 Å². The van der Waals surface area contributed by atoms with E-state index in [1.165, 1.54) is 13.3 Å². The van der Waals surface area contributed by atoms with E-state index in [9.17, 15) is 9.59 Å². The third-order valence-electron chi connectivity index (χ3n) is 5.97. The third-order valence-corrected chi connectivity index (χ3v) is 5.97. The molecule has 5 N–H and O–H groups in total. The van der Waals surface area contributed by atoms with Crippen LogP contribution in [-0.4, -0.2) is 42.1 Å². The van der Waals surface area contributed by atoms with Gasteiger partial charge in [-0.25, -0.2) is 9.18 Å². The first-order valence-electron chi connectivity index (χ1n) is 9.89. The van der Waals surface area contributed by atoms with E-state index < -0.39 is 23.2 Å². The van der Waals surface area contributed by atoms with Gasteiger partial charge in [0.25, 0.3) is 0 Å². The number of hydrogen-bond donors (Lipinski definition) is 3. The molecule has 9 nitrogen and oxygen atoms in total. The number of nitrogens with two attached hydrogens (primary N) is 2. The monoisotopic (exact) mass is 420 g/mol. The summed E-state index contributed by atoms with van der Waals surface area (Å²) in [5.41, 5.74) is 11.5. The minimum Gasteiger partial charge on any atom is -0.492 e. The summed E-state index contributed by atoms with van der Waals surface area (Å²) < 4.78 is 27.5. The van der Waals surface area contributed by atoms with Crippen LogP contribution in [0, 0.1) is 11.7 Å². The Morgan fingerprint density at radius 2 is 2.07 bits per heavy atom. The van der Waals surface area contributed by atoms with Gasteiger partial charge in [-0.2, -0.15) is 0 Å². The zero-order chi connectivity index (χ0) is 21.7. The molecule has 0 amide bonds. The molecule has 1 aliphatic heterocycles. The van der Waals surface area contributed by atoms with Gasteiger partial charge in [0.05, 0.1) is 29.9 Å². The molecule has 2 fully saturated rings. The first-order valence-corrected chi connectivity index (χ1v) is 9.89. The number of fused-ring (bicyclic) bond motifs is 1. The molecule has 1 saturated carbocycles. The summed E-state index contributed by atoms with van der Waals surface area (Å²) in [5.74, 6) is -0.784. The molecule has 10 heteroatoms. The minimum absolute atomic E-state index is 0.0197. The zero-order valence-corrected chi connectivity index (χ0v) is 16.9. The Balaban J connectivity index is 2.00. The van der Waals surface area contributed by atoms with Crippen molar-refractivity contribution in [2.45, 2.75) is 38.3 Å². The summed E-state index contributed by atoms with van der Waals surface area (Å²) in [6.07, 6.45) is 2.18. The Morgan fingerprint density at radius 1 is 1.37 bits per heavy atom. The van der Waals surface area contributed by atoms with Crippen molar-refractivity contribution in [1.29, 1.82) is 0 Å². The van der Waals surface area contributed by atoms with Crippen molar-refractivity contribution in [3.63, 3.8) is 0 Å². The van der Waals surface area contributed by atoms with Crippen molar-refractivity contribution in [3.05, 3.63) is 22.2 Å². The second-order valence-corrected chi connectivity index (χ2v) is 8.02. The molecule has 2 aromatic rings. The largest absolute Gasteiger partial charge is 0.511 e. The van der Waals surface area contributed by atoms with Crippen LogP contribution >= 0.6 is 0 Å². The number of ether oxygens (including phenoxy) is 2. The number of hydrogen-bond acceptors (Lipinski definition) is 7. The van der Waals surface area contributed by atoms with Gasteiger partial charge in [-0.1, -0.05) is 0 Å². The standard InChI is InChI=1S/C20H25FN4O5/c1-9(22)10-5-6-24(7-10)17-14(21)15(23)13-16(19(17)29-2)25(11-3-4-11)8-12(18(13)26)30-20(27)28/h8-11H,3-7,22-23H2,1-2H3,(H,27,28)/t9?,10-/m1/s1. The van der Waals surface area contributed by atoms with E-state index in [0.717, 1.165) is 19.3 Å². The summed E-state index contributed by atoms with van der Waals surface area (Å²) in [5, 5.41) is 8.84. The molecular weight excluding hydrogens is 395 g/mol. The van der Waals surface area contributed by atoms with Crippen molar-refractivity contribution < 1.29 is 23.8 Å². The number of carbonyl (C=O) groups is 1. The fraction of sp³-hybridized carbons (Fsp3) is 0.500. The number of nitrogens with zero attached hydrogens (tertiary/aromatic N) is 2. The SMILES string of the molecule is COc1c(N2CC[C@@H](C(C)N)C2)c(F)c(N)c2c(=O)c(OC(=O)O)cn(C3CC3)c12. The number of benzene rings is 1. The van der Waals surface area contributed by atoms with Gasteiger partial charge in [0.15, 0.2) is 17.3 Å². The highest BCUT2D eigenvalue weighted by molar-refractivity contribution is 6.01. The molecule has 0 radical (unpaired) electrons. The second-order valence-electron chi connectivity index (χ2n) is 8.02. The Kier molecular flexibility index (Phi) is 4.97. The van der Waals surface area contributed by atoms with Crippen LogP contribution in [0.3, 0.4) is 0 Å². The van der Waals surface area contributed by atoms with Gasteiger partial charge < -0.3 is 35.5 Å².